The molecule has 0 heterocycles. The fourth-order valence-corrected chi connectivity index (χ4v) is 3.02. The van der Waals surface area contributed by atoms with Gasteiger partial charge < -0.3 is 10.2 Å². The summed E-state index contributed by atoms with van der Waals surface area (Å²) in [6.45, 7) is 5.65. The number of carboxylic acid groups (broad SMARTS) is 1. The van der Waals surface area contributed by atoms with Crippen LogP contribution in [0.5, 0.6) is 5.75 Å². The van der Waals surface area contributed by atoms with Crippen LogP contribution in [0.1, 0.15) is 36.2 Å². The molecule has 20 heavy (non-hydrogen) atoms. The molecule has 3 N–H and O–H groups in total. The molecule has 1 unspecified atom stereocenters. The molecule has 0 saturated heterocycles. The van der Waals surface area contributed by atoms with Crippen LogP contribution in [0, 0.1) is 12.8 Å². The standard InChI is InChI=1S/C13H19NO5S/c1-4-8(2)7-14-20(18,19)12-6-10(13(16)17)11(15)5-9(12)3/h5-6,8,14-15H,4,7H2,1-3H3,(H,16,17). The Morgan fingerprint density at radius 3 is 2.50 bits per heavy atom. The van der Waals surface area contributed by atoms with Gasteiger partial charge >= 0.3 is 5.97 Å². The molecule has 7 heteroatoms. The highest BCUT2D eigenvalue weighted by molar-refractivity contribution is 7.89. The van der Waals surface area contributed by atoms with Crippen LogP contribution in [-0.2, 0) is 10.0 Å². The van der Waals surface area contributed by atoms with E-state index < -0.39 is 27.3 Å². The second kappa shape index (κ2) is 6.23. The first-order chi connectivity index (χ1) is 9.19. The molecule has 0 aliphatic carbocycles. The van der Waals surface area contributed by atoms with Crippen molar-refractivity contribution in [2.45, 2.75) is 32.1 Å². The average Bonchev–Trinajstić information content (AvgIpc) is 2.35. The van der Waals surface area contributed by atoms with Gasteiger partial charge in [-0.2, -0.15) is 0 Å². The Morgan fingerprint density at radius 1 is 1.40 bits per heavy atom. The molecule has 0 amide bonds. The van der Waals surface area contributed by atoms with Crippen LogP contribution in [0.2, 0.25) is 0 Å². The van der Waals surface area contributed by atoms with E-state index in [1.165, 1.54) is 6.92 Å². The van der Waals surface area contributed by atoms with E-state index in [-0.39, 0.29) is 17.4 Å². The van der Waals surface area contributed by atoms with E-state index in [0.29, 0.717) is 5.56 Å². The van der Waals surface area contributed by atoms with Gasteiger partial charge in [-0.05, 0) is 30.5 Å². The Kier molecular flexibility index (Phi) is 5.13. The normalized spacial score (nSPS) is 13.2. The van der Waals surface area contributed by atoms with Crippen LogP contribution in [0.4, 0.5) is 0 Å². The number of phenols is 1. The molecule has 0 bridgehead atoms. The maximum absolute atomic E-state index is 12.2. The molecule has 0 fully saturated rings. The SMILES string of the molecule is CCC(C)CNS(=O)(=O)c1cc(C(=O)O)c(O)cc1C. The molecule has 6 nitrogen and oxygen atoms in total. The second-order valence-corrected chi connectivity index (χ2v) is 6.54. The minimum atomic E-state index is -3.79. The molecule has 1 rings (SSSR count). The van der Waals surface area contributed by atoms with E-state index in [9.17, 15) is 18.3 Å². The number of aryl methyl sites for hydroxylation is 1. The van der Waals surface area contributed by atoms with Crippen LogP contribution in [0.3, 0.4) is 0 Å². The van der Waals surface area contributed by atoms with Crippen LogP contribution in [-0.4, -0.2) is 31.1 Å². The first-order valence-electron chi connectivity index (χ1n) is 6.25. The lowest BCUT2D eigenvalue weighted by atomic mass is 10.1. The second-order valence-electron chi connectivity index (χ2n) is 4.81. The lowest BCUT2D eigenvalue weighted by Gasteiger charge is -2.13. The van der Waals surface area contributed by atoms with Gasteiger partial charge in [0, 0.05) is 6.54 Å². The minimum absolute atomic E-state index is 0.129. The van der Waals surface area contributed by atoms with Crippen molar-refractivity contribution in [1.29, 1.82) is 0 Å². The maximum atomic E-state index is 12.2. The van der Waals surface area contributed by atoms with Gasteiger partial charge in [0.05, 0.1) is 4.90 Å². The molecule has 1 atom stereocenters. The summed E-state index contributed by atoms with van der Waals surface area (Å²) in [4.78, 5) is 10.8. The fraction of sp³-hybridized carbons (Fsp3) is 0.462. The Balaban J connectivity index is 3.18. The highest BCUT2D eigenvalue weighted by atomic mass is 32.2. The summed E-state index contributed by atoms with van der Waals surface area (Å²) in [5, 5.41) is 18.4. The number of carbonyl (C=O) groups is 1. The Morgan fingerprint density at radius 2 is 2.00 bits per heavy atom. The van der Waals surface area contributed by atoms with Gasteiger partial charge in [0.25, 0.3) is 0 Å². The lowest BCUT2D eigenvalue weighted by molar-refractivity contribution is 0.0693. The van der Waals surface area contributed by atoms with Gasteiger partial charge in [-0.25, -0.2) is 17.9 Å². The van der Waals surface area contributed by atoms with Gasteiger partial charge in [0.1, 0.15) is 11.3 Å². The number of carboxylic acids is 1. The third-order valence-electron chi connectivity index (χ3n) is 3.13. The van der Waals surface area contributed by atoms with Crippen molar-refractivity contribution >= 4 is 16.0 Å². The van der Waals surface area contributed by atoms with Crippen LogP contribution in [0.15, 0.2) is 17.0 Å². The van der Waals surface area contributed by atoms with Gasteiger partial charge in [-0.1, -0.05) is 20.3 Å². The van der Waals surface area contributed by atoms with E-state index in [2.05, 4.69) is 4.72 Å². The Hall–Kier alpha value is -1.60. The lowest BCUT2D eigenvalue weighted by Crippen LogP contribution is -2.29. The van der Waals surface area contributed by atoms with Crippen LogP contribution < -0.4 is 4.72 Å². The molecule has 0 saturated carbocycles. The molecule has 0 aromatic heterocycles. The maximum Gasteiger partial charge on any atom is 0.339 e. The molecule has 0 aliphatic heterocycles. The number of aromatic hydroxyl groups is 1. The molecular weight excluding hydrogens is 282 g/mol. The fourth-order valence-electron chi connectivity index (χ4n) is 1.61. The number of rotatable bonds is 6. The largest absolute Gasteiger partial charge is 0.507 e. The van der Waals surface area contributed by atoms with Crippen molar-refractivity contribution in [3.63, 3.8) is 0 Å². The summed E-state index contributed by atoms with van der Waals surface area (Å²) in [7, 11) is -3.79. The first kappa shape index (κ1) is 16.5. The zero-order chi connectivity index (χ0) is 15.5. The summed E-state index contributed by atoms with van der Waals surface area (Å²) < 4.78 is 26.8. The highest BCUT2D eigenvalue weighted by Gasteiger charge is 2.21. The smallest absolute Gasteiger partial charge is 0.339 e. The Labute approximate surface area is 118 Å². The van der Waals surface area contributed by atoms with Gasteiger partial charge in [-0.3, -0.25) is 0 Å². The number of aromatic carboxylic acids is 1. The molecule has 0 aliphatic rings. The van der Waals surface area contributed by atoms with Crippen LogP contribution in [0.25, 0.3) is 0 Å². The number of hydrogen-bond acceptors (Lipinski definition) is 4. The van der Waals surface area contributed by atoms with E-state index in [4.69, 9.17) is 5.11 Å². The third-order valence-corrected chi connectivity index (χ3v) is 4.70. The summed E-state index contributed by atoms with van der Waals surface area (Å²) in [5.41, 5.74) is -0.135. The van der Waals surface area contributed by atoms with Gasteiger partial charge in [-0.15, -0.1) is 0 Å². The molecule has 0 radical (unpaired) electrons. The zero-order valence-corrected chi connectivity index (χ0v) is 12.5. The van der Waals surface area contributed by atoms with Crippen LogP contribution >= 0.6 is 0 Å². The molecular formula is C13H19NO5S. The van der Waals surface area contributed by atoms with Crippen molar-refractivity contribution in [1.82, 2.24) is 4.72 Å². The number of benzene rings is 1. The Bertz CT molecular complexity index is 609. The predicted molar refractivity (Wildman–Crippen MR) is 74.4 cm³/mol. The summed E-state index contributed by atoms with van der Waals surface area (Å²) in [6.07, 6.45) is 0.831. The van der Waals surface area contributed by atoms with Crippen molar-refractivity contribution in [2.24, 2.45) is 5.92 Å². The summed E-state index contributed by atoms with van der Waals surface area (Å²) in [6, 6.07) is 2.12. The number of nitrogens with one attached hydrogen (secondary N) is 1. The van der Waals surface area contributed by atoms with E-state index in [1.54, 1.807) is 0 Å². The summed E-state index contributed by atoms with van der Waals surface area (Å²) in [5.74, 6) is -1.64. The first-order valence-corrected chi connectivity index (χ1v) is 7.74. The highest BCUT2D eigenvalue weighted by Crippen LogP contribution is 2.25. The van der Waals surface area contributed by atoms with E-state index >= 15 is 0 Å². The number of sulfonamides is 1. The molecule has 0 spiro atoms. The minimum Gasteiger partial charge on any atom is -0.507 e. The monoisotopic (exact) mass is 301 g/mol. The van der Waals surface area contributed by atoms with Gasteiger partial charge in [0.15, 0.2) is 0 Å². The van der Waals surface area contributed by atoms with E-state index in [0.717, 1.165) is 18.6 Å². The third kappa shape index (κ3) is 3.71. The van der Waals surface area contributed by atoms with Crippen molar-refractivity contribution < 1.29 is 23.4 Å². The zero-order valence-electron chi connectivity index (χ0n) is 11.7. The number of hydrogen-bond donors (Lipinski definition) is 3. The average molecular weight is 301 g/mol. The molecule has 1 aromatic carbocycles. The predicted octanol–water partition coefficient (Wildman–Crippen LogP) is 1.72. The molecule has 112 valence electrons. The summed E-state index contributed by atoms with van der Waals surface area (Å²) >= 11 is 0. The topological polar surface area (TPSA) is 104 Å². The van der Waals surface area contributed by atoms with E-state index in [1.807, 2.05) is 13.8 Å². The van der Waals surface area contributed by atoms with Gasteiger partial charge in [0.2, 0.25) is 10.0 Å². The van der Waals surface area contributed by atoms with Crippen molar-refractivity contribution in [3.8, 4) is 5.75 Å². The van der Waals surface area contributed by atoms with Crippen molar-refractivity contribution in [3.05, 3.63) is 23.3 Å². The van der Waals surface area contributed by atoms with Crippen molar-refractivity contribution in [2.75, 3.05) is 6.54 Å². The molecule has 1 aromatic rings. The quantitative estimate of drug-likeness (QED) is 0.742.